The lowest BCUT2D eigenvalue weighted by atomic mass is 9.98. The molecule has 6 heteroatoms. The Balaban J connectivity index is 1.51. The summed E-state index contributed by atoms with van der Waals surface area (Å²) >= 11 is 0. The zero-order valence-corrected chi connectivity index (χ0v) is 12.6. The van der Waals surface area contributed by atoms with E-state index >= 15 is 0 Å². The van der Waals surface area contributed by atoms with Crippen molar-refractivity contribution in [3.8, 4) is 0 Å². The van der Waals surface area contributed by atoms with Crippen LogP contribution in [0.1, 0.15) is 36.2 Å². The molecule has 2 fully saturated rings. The Labute approximate surface area is 125 Å². The Hall–Kier alpha value is -1.40. The van der Waals surface area contributed by atoms with Crippen LogP contribution in [0.4, 0.5) is 0 Å². The normalized spacial score (nSPS) is 21.9. The third kappa shape index (κ3) is 3.27. The zero-order valence-electron chi connectivity index (χ0n) is 12.6. The Morgan fingerprint density at radius 1 is 1.29 bits per heavy atom. The number of aromatic nitrogens is 2. The smallest absolute Gasteiger partial charge is 0.271 e. The summed E-state index contributed by atoms with van der Waals surface area (Å²) in [7, 11) is 2.23. The number of nitrogens with one attached hydrogen (secondary N) is 1. The molecule has 2 aliphatic heterocycles. The van der Waals surface area contributed by atoms with Crippen LogP contribution in [0.3, 0.4) is 0 Å². The molecule has 1 aromatic rings. The van der Waals surface area contributed by atoms with Gasteiger partial charge in [-0.25, -0.2) is 0 Å². The van der Waals surface area contributed by atoms with Gasteiger partial charge in [0.25, 0.3) is 5.91 Å². The topological polar surface area (TPSA) is 61.5 Å². The van der Waals surface area contributed by atoms with Crippen molar-refractivity contribution in [3.63, 3.8) is 0 Å². The van der Waals surface area contributed by atoms with E-state index < -0.39 is 0 Å². The lowest BCUT2D eigenvalue weighted by Gasteiger charge is -2.41. The molecule has 116 valence electrons. The van der Waals surface area contributed by atoms with Gasteiger partial charge in [-0.05, 0) is 38.8 Å². The Bertz CT molecular complexity index is 448. The second kappa shape index (κ2) is 6.58. The monoisotopic (exact) mass is 292 g/mol. The van der Waals surface area contributed by atoms with Gasteiger partial charge in [-0.3, -0.25) is 9.89 Å². The highest BCUT2D eigenvalue weighted by atomic mass is 16.5. The number of rotatable bonds is 3. The average molecular weight is 292 g/mol. The number of piperidine rings is 1. The summed E-state index contributed by atoms with van der Waals surface area (Å²) in [6, 6.07) is 2.96. The maximum absolute atomic E-state index is 12.3. The molecule has 6 nitrogen and oxygen atoms in total. The molecule has 0 unspecified atom stereocenters. The average Bonchev–Trinajstić information content (AvgIpc) is 3.09. The first-order chi connectivity index (χ1) is 10.3. The largest absolute Gasteiger partial charge is 0.381 e. The van der Waals surface area contributed by atoms with Gasteiger partial charge in [-0.1, -0.05) is 0 Å². The minimum atomic E-state index is 0.0691. The van der Waals surface area contributed by atoms with Crippen molar-refractivity contribution in [1.29, 1.82) is 0 Å². The van der Waals surface area contributed by atoms with Crippen molar-refractivity contribution in [1.82, 2.24) is 20.0 Å². The van der Waals surface area contributed by atoms with Crippen molar-refractivity contribution in [3.05, 3.63) is 18.0 Å². The highest BCUT2D eigenvalue weighted by Gasteiger charge is 2.30. The maximum atomic E-state index is 12.3. The second-order valence-corrected chi connectivity index (χ2v) is 6.00. The minimum Gasteiger partial charge on any atom is -0.381 e. The molecule has 0 bridgehead atoms. The van der Waals surface area contributed by atoms with Crippen molar-refractivity contribution in [2.45, 2.75) is 37.8 Å². The molecule has 0 aliphatic carbocycles. The molecule has 0 aromatic carbocycles. The summed E-state index contributed by atoms with van der Waals surface area (Å²) < 4.78 is 5.44. The Morgan fingerprint density at radius 3 is 2.57 bits per heavy atom. The summed E-state index contributed by atoms with van der Waals surface area (Å²) in [5, 5.41) is 6.60. The summed E-state index contributed by atoms with van der Waals surface area (Å²) in [5.74, 6) is 0.0691. The first-order valence-electron chi connectivity index (χ1n) is 7.84. The molecule has 21 heavy (non-hydrogen) atoms. The van der Waals surface area contributed by atoms with E-state index in [-0.39, 0.29) is 5.91 Å². The fraction of sp³-hybridized carbons (Fsp3) is 0.733. The predicted octanol–water partition coefficient (Wildman–Crippen LogP) is 1.13. The first kappa shape index (κ1) is 14.5. The van der Waals surface area contributed by atoms with Crippen LogP contribution in [-0.4, -0.2) is 71.3 Å². The second-order valence-electron chi connectivity index (χ2n) is 6.00. The third-order valence-corrected chi connectivity index (χ3v) is 4.83. The van der Waals surface area contributed by atoms with Crippen LogP contribution < -0.4 is 0 Å². The van der Waals surface area contributed by atoms with Gasteiger partial charge in [0, 0.05) is 44.6 Å². The molecule has 3 heterocycles. The standard InChI is InChI=1S/C15H24N4O2/c1-18(13-5-10-21-11-6-13)12-3-8-19(9-4-12)15(20)14-2-7-16-17-14/h2,7,12-13H,3-6,8-11H2,1H3,(H,16,17). The van der Waals surface area contributed by atoms with Gasteiger partial charge in [-0.2, -0.15) is 5.10 Å². The number of nitrogens with zero attached hydrogens (tertiary/aromatic N) is 3. The molecule has 3 rings (SSSR count). The van der Waals surface area contributed by atoms with Crippen LogP contribution in [0.5, 0.6) is 0 Å². The fourth-order valence-electron chi connectivity index (χ4n) is 3.41. The number of likely N-dealkylation sites (tertiary alicyclic amines) is 1. The van der Waals surface area contributed by atoms with E-state index in [1.807, 2.05) is 4.90 Å². The van der Waals surface area contributed by atoms with Crippen LogP contribution >= 0.6 is 0 Å². The van der Waals surface area contributed by atoms with Crippen LogP contribution in [-0.2, 0) is 4.74 Å². The summed E-state index contributed by atoms with van der Waals surface area (Å²) in [4.78, 5) is 16.7. The van der Waals surface area contributed by atoms with E-state index in [2.05, 4.69) is 22.1 Å². The number of carbonyl (C=O) groups excluding carboxylic acids is 1. The number of hydrogen-bond donors (Lipinski definition) is 1. The molecule has 0 saturated carbocycles. The predicted molar refractivity (Wildman–Crippen MR) is 79.1 cm³/mol. The van der Waals surface area contributed by atoms with Crippen molar-refractivity contribution < 1.29 is 9.53 Å². The molecular weight excluding hydrogens is 268 g/mol. The highest BCUT2D eigenvalue weighted by molar-refractivity contribution is 5.92. The number of H-pyrrole nitrogens is 1. The molecule has 2 aliphatic rings. The van der Waals surface area contributed by atoms with E-state index in [9.17, 15) is 4.79 Å². The van der Waals surface area contributed by atoms with Crippen molar-refractivity contribution in [2.75, 3.05) is 33.4 Å². The maximum Gasteiger partial charge on any atom is 0.271 e. The number of ether oxygens (including phenoxy) is 1. The molecule has 0 spiro atoms. The van der Waals surface area contributed by atoms with E-state index in [1.165, 1.54) is 0 Å². The van der Waals surface area contributed by atoms with E-state index in [4.69, 9.17) is 4.74 Å². The number of amides is 1. The fourth-order valence-corrected chi connectivity index (χ4v) is 3.41. The number of aromatic amines is 1. The van der Waals surface area contributed by atoms with Gasteiger partial charge in [-0.15, -0.1) is 0 Å². The van der Waals surface area contributed by atoms with E-state index in [1.54, 1.807) is 12.3 Å². The SMILES string of the molecule is CN(C1CCOCC1)C1CCN(C(=O)c2ccn[nH]2)CC1. The molecule has 0 radical (unpaired) electrons. The quantitative estimate of drug-likeness (QED) is 0.907. The summed E-state index contributed by atoms with van der Waals surface area (Å²) in [5.41, 5.74) is 0.589. The van der Waals surface area contributed by atoms with Crippen LogP contribution in [0.2, 0.25) is 0 Å². The Kier molecular flexibility index (Phi) is 4.55. The van der Waals surface area contributed by atoms with Crippen LogP contribution in [0.15, 0.2) is 12.3 Å². The first-order valence-corrected chi connectivity index (χ1v) is 7.84. The minimum absolute atomic E-state index is 0.0691. The third-order valence-electron chi connectivity index (χ3n) is 4.83. The summed E-state index contributed by atoms with van der Waals surface area (Å²) in [6.07, 6.45) is 5.98. The Morgan fingerprint density at radius 2 is 1.95 bits per heavy atom. The molecule has 0 atom stereocenters. The molecular formula is C15H24N4O2. The molecule has 2 saturated heterocycles. The van der Waals surface area contributed by atoms with Gasteiger partial charge in [0.1, 0.15) is 5.69 Å². The lowest BCUT2D eigenvalue weighted by molar-refractivity contribution is 0.0151. The van der Waals surface area contributed by atoms with E-state index in [0.717, 1.165) is 52.0 Å². The van der Waals surface area contributed by atoms with Gasteiger partial charge < -0.3 is 14.5 Å². The van der Waals surface area contributed by atoms with Crippen LogP contribution in [0.25, 0.3) is 0 Å². The van der Waals surface area contributed by atoms with Gasteiger partial charge >= 0.3 is 0 Å². The van der Waals surface area contributed by atoms with Gasteiger partial charge in [0.15, 0.2) is 0 Å². The van der Waals surface area contributed by atoms with Gasteiger partial charge in [0.05, 0.1) is 0 Å². The van der Waals surface area contributed by atoms with Crippen molar-refractivity contribution >= 4 is 5.91 Å². The zero-order chi connectivity index (χ0) is 14.7. The van der Waals surface area contributed by atoms with Crippen LogP contribution in [0, 0.1) is 0 Å². The molecule has 1 N–H and O–H groups in total. The number of carbonyl (C=O) groups is 1. The number of hydrogen-bond acceptors (Lipinski definition) is 4. The van der Waals surface area contributed by atoms with Crippen molar-refractivity contribution in [2.24, 2.45) is 0 Å². The lowest BCUT2D eigenvalue weighted by Crippen LogP contribution is -2.49. The van der Waals surface area contributed by atoms with Gasteiger partial charge in [0.2, 0.25) is 0 Å². The highest BCUT2D eigenvalue weighted by Crippen LogP contribution is 2.22. The molecule has 1 amide bonds. The van der Waals surface area contributed by atoms with E-state index in [0.29, 0.717) is 17.8 Å². The summed E-state index contributed by atoms with van der Waals surface area (Å²) in [6.45, 7) is 3.42. The molecule has 1 aromatic heterocycles.